The summed E-state index contributed by atoms with van der Waals surface area (Å²) in [6, 6.07) is 3.92. The third kappa shape index (κ3) is 3.97. The Bertz CT molecular complexity index is 501. The molecule has 0 heterocycles. The minimum Gasteiger partial charge on any atom is -0.386 e. The zero-order valence-corrected chi connectivity index (χ0v) is 11.6. The van der Waals surface area contributed by atoms with Gasteiger partial charge >= 0.3 is 0 Å². The van der Waals surface area contributed by atoms with Gasteiger partial charge in [0.15, 0.2) is 0 Å². The van der Waals surface area contributed by atoms with Gasteiger partial charge in [-0.05, 0) is 36.6 Å². The second kappa shape index (κ2) is 6.31. The largest absolute Gasteiger partial charge is 0.386 e. The summed E-state index contributed by atoms with van der Waals surface area (Å²) in [6.45, 7) is 11.5. The first-order valence-electron chi connectivity index (χ1n) is 5.81. The first-order valence-corrected chi connectivity index (χ1v) is 6.19. The molecular weight excluding hydrogens is 244 g/mol. The SMILES string of the molecule is C=C(C)/C=C/c1cc(CC)c(Cl)cc1NC(=C)N. The van der Waals surface area contributed by atoms with E-state index in [0.717, 1.165) is 33.8 Å². The van der Waals surface area contributed by atoms with Crippen LogP contribution in [0.4, 0.5) is 5.69 Å². The number of nitrogens with one attached hydrogen (secondary N) is 1. The average molecular weight is 263 g/mol. The van der Waals surface area contributed by atoms with Crippen molar-refractivity contribution >= 4 is 23.4 Å². The third-order valence-corrected chi connectivity index (χ3v) is 2.79. The summed E-state index contributed by atoms with van der Waals surface area (Å²) in [5, 5.41) is 3.74. The van der Waals surface area contributed by atoms with Gasteiger partial charge < -0.3 is 11.1 Å². The quantitative estimate of drug-likeness (QED) is 0.775. The van der Waals surface area contributed by atoms with Crippen LogP contribution in [0.5, 0.6) is 0 Å². The lowest BCUT2D eigenvalue weighted by atomic mass is 10.1. The van der Waals surface area contributed by atoms with Crippen LogP contribution in [-0.2, 0) is 6.42 Å². The van der Waals surface area contributed by atoms with E-state index in [1.807, 2.05) is 31.2 Å². The Morgan fingerprint density at radius 2 is 2.11 bits per heavy atom. The highest BCUT2D eigenvalue weighted by Gasteiger charge is 2.06. The van der Waals surface area contributed by atoms with E-state index >= 15 is 0 Å². The number of hydrogen-bond donors (Lipinski definition) is 2. The molecule has 0 fully saturated rings. The molecule has 0 saturated carbocycles. The fourth-order valence-corrected chi connectivity index (χ4v) is 1.86. The van der Waals surface area contributed by atoms with Gasteiger partial charge in [0, 0.05) is 10.7 Å². The van der Waals surface area contributed by atoms with E-state index in [9.17, 15) is 0 Å². The van der Waals surface area contributed by atoms with Crippen LogP contribution in [0.3, 0.4) is 0 Å². The summed E-state index contributed by atoms with van der Waals surface area (Å²) in [5.41, 5.74) is 9.54. The number of nitrogens with two attached hydrogens (primary N) is 1. The number of hydrogen-bond acceptors (Lipinski definition) is 2. The van der Waals surface area contributed by atoms with Crippen LogP contribution in [0.25, 0.3) is 6.08 Å². The van der Waals surface area contributed by atoms with E-state index in [2.05, 4.69) is 25.4 Å². The number of halogens is 1. The third-order valence-electron chi connectivity index (χ3n) is 2.44. The highest BCUT2D eigenvalue weighted by molar-refractivity contribution is 6.31. The molecule has 96 valence electrons. The van der Waals surface area contributed by atoms with Gasteiger partial charge in [-0.2, -0.15) is 0 Å². The maximum atomic E-state index is 6.20. The van der Waals surface area contributed by atoms with E-state index in [4.69, 9.17) is 17.3 Å². The molecule has 0 aliphatic heterocycles. The molecule has 18 heavy (non-hydrogen) atoms. The van der Waals surface area contributed by atoms with E-state index in [1.165, 1.54) is 0 Å². The molecule has 0 radical (unpaired) electrons. The Balaban J connectivity index is 3.24. The van der Waals surface area contributed by atoms with Crippen molar-refractivity contribution in [1.82, 2.24) is 0 Å². The predicted molar refractivity (Wildman–Crippen MR) is 81.6 cm³/mol. The Hall–Kier alpha value is -1.67. The number of benzene rings is 1. The van der Waals surface area contributed by atoms with Gasteiger partial charge in [0.25, 0.3) is 0 Å². The van der Waals surface area contributed by atoms with Gasteiger partial charge in [-0.15, -0.1) is 0 Å². The van der Waals surface area contributed by atoms with Gasteiger partial charge in [-0.25, -0.2) is 0 Å². The smallest absolute Gasteiger partial charge is 0.0930 e. The average Bonchev–Trinajstić information content (AvgIpc) is 2.27. The summed E-state index contributed by atoms with van der Waals surface area (Å²) in [4.78, 5) is 0. The minimum absolute atomic E-state index is 0.389. The molecule has 3 heteroatoms. The fraction of sp³-hybridized carbons (Fsp3) is 0.200. The Labute approximate surface area is 114 Å². The lowest BCUT2D eigenvalue weighted by Gasteiger charge is -2.12. The molecule has 0 saturated heterocycles. The summed E-state index contributed by atoms with van der Waals surface area (Å²) in [7, 11) is 0. The topological polar surface area (TPSA) is 38.0 Å². The Kier molecular flexibility index (Phi) is 5.05. The maximum absolute atomic E-state index is 6.20. The van der Waals surface area contributed by atoms with Crippen molar-refractivity contribution in [3.8, 4) is 0 Å². The van der Waals surface area contributed by atoms with Gasteiger partial charge in [0.05, 0.1) is 5.82 Å². The number of allylic oxidation sites excluding steroid dienone is 2. The second-order valence-corrected chi connectivity index (χ2v) is 4.62. The van der Waals surface area contributed by atoms with Crippen molar-refractivity contribution in [2.75, 3.05) is 5.32 Å². The van der Waals surface area contributed by atoms with Gasteiger partial charge in [-0.3, -0.25) is 0 Å². The van der Waals surface area contributed by atoms with Crippen LogP contribution in [0.15, 0.2) is 42.8 Å². The van der Waals surface area contributed by atoms with E-state index < -0.39 is 0 Å². The van der Waals surface area contributed by atoms with Crippen molar-refractivity contribution in [3.63, 3.8) is 0 Å². The summed E-state index contributed by atoms with van der Waals surface area (Å²) in [5.74, 6) is 0.389. The van der Waals surface area contributed by atoms with Crippen molar-refractivity contribution in [2.24, 2.45) is 5.73 Å². The number of rotatable bonds is 5. The van der Waals surface area contributed by atoms with Crippen molar-refractivity contribution in [2.45, 2.75) is 20.3 Å². The minimum atomic E-state index is 0.389. The van der Waals surface area contributed by atoms with Crippen LogP contribution in [0.2, 0.25) is 5.02 Å². The van der Waals surface area contributed by atoms with Crippen molar-refractivity contribution in [1.29, 1.82) is 0 Å². The molecular formula is C15H19ClN2. The molecule has 0 bridgehead atoms. The van der Waals surface area contributed by atoms with Crippen LogP contribution in [0, 0.1) is 0 Å². The molecule has 0 atom stereocenters. The molecule has 1 rings (SSSR count). The van der Waals surface area contributed by atoms with Gasteiger partial charge in [0.1, 0.15) is 0 Å². The number of anilines is 1. The predicted octanol–water partition coefficient (Wildman–Crippen LogP) is 4.33. The van der Waals surface area contributed by atoms with Crippen LogP contribution < -0.4 is 11.1 Å². The van der Waals surface area contributed by atoms with Gasteiger partial charge in [0.2, 0.25) is 0 Å². The van der Waals surface area contributed by atoms with Gasteiger partial charge in [-0.1, -0.05) is 49.4 Å². The van der Waals surface area contributed by atoms with Crippen molar-refractivity contribution in [3.05, 3.63) is 58.9 Å². The molecule has 0 aliphatic rings. The second-order valence-electron chi connectivity index (χ2n) is 4.21. The highest BCUT2D eigenvalue weighted by Crippen LogP contribution is 2.27. The Morgan fingerprint density at radius 3 is 2.61 bits per heavy atom. The van der Waals surface area contributed by atoms with Crippen LogP contribution in [0.1, 0.15) is 25.0 Å². The molecule has 0 aliphatic carbocycles. The number of aryl methyl sites for hydroxylation is 1. The lowest BCUT2D eigenvalue weighted by molar-refractivity contribution is 1.14. The summed E-state index contributed by atoms with van der Waals surface area (Å²) in [6.07, 6.45) is 4.83. The molecule has 0 amide bonds. The molecule has 2 nitrogen and oxygen atoms in total. The Morgan fingerprint density at radius 1 is 1.44 bits per heavy atom. The highest BCUT2D eigenvalue weighted by atomic mass is 35.5. The molecule has 0 unspecified atom stereocenters. The summed E-state index contributed by atoms with van der Waals surface area (Å²) < 4.78 is 0. The molecule has 1 aromatic rings. The normalized spacial score (nSPS) is 10.6. The van der Waals surface area contributed by atoms with E-state index in [-0.39, 0.29) is 0 Å². The maximum Gasteiger partial charge on any atom is 0.0930 e. The molecule has 0 aromatic heterocycles. The van der Waals surface area contributed by atoms with E-state index in [1.54, 1.807) is 0 Å². The molecule has 0 spiro atoms. The summed E-state index contributed by atoms with van der Waals surface area (Å²) >= 11 is 6.20. The first kappa shape index (κ1) is 14.4. The first-order chi connectivity index (χ1) is 8.43. The zero-order valence-electron chi connectivity index (χ0n) is 10.9. The van der Waals surface area contributed by atoms with Crippen molar-refractivity contribution < 1.29 is 0 Å². The molecule has 3 N–H and O–H groups in total. The van der Waals surface area contributed by atoms with Crippen LogP contribution in [-0.4, -0.2) is 0 Å². The van der Waals surface area contributed by atoms with Crippen LogP contribution >= 0.6 is 11.6 Å². The molecule has 1 aromatic carbocycles. The lowest BCUT2D eigenvalue weighted by Crippen LogP contribution is -2.08. The standard InChI is InChI=1S/C15H19ClN2/c1-5-12-8-13(7-6-10(2)3)15(9-14(12)16)18-11(4)17/h6-9,18H,2,4-5,17H2,1,3H3/b7-6+. The van der Waals surface area contributed by atoms with E-state index in [0.29, 0.717) is 5.82 Å². The monoisotopic (exact) mass is 262 g/mol. The zero-order chi connectivity index (χ0) is 13.7. The fourth-order valence-electron chi connectivity index (χ4n) is 1.56.